The van der Waals surface area contributed by atoms with Gasteiger partial charge in [0.15, 0.2) is 0 Å². The van der Waals surface area contributed by atoms with Gasteiger partial charge in [-0.15, -0.1) is 0 Å². The molecular formula is C17H23N3. The number of hydrogen-bond donors (Lipinski definition) is 0. The molecule has 3 aliphatic rings. The first-order chi connectivity index (χ1) is 9.88. The highest BCUT2D eigenvalue weighted by atomic mass is 15.3. The lowest BCUT2D eigenvalue weighted by Gasteiger charge is -2.37. The Balaban J connectivity index is 1.31. The summed E-state index contributed by atoms with van der Waals surface area (Å²) in [6.07, 6.45) is 9.67. The number of allylic oxidation sites excluding steroid dienone is 2. The fraction of sp³-hybridized carbons (Fsp3) is 0.588. The summed E-state index contributed by atoms with van der Waals surface area (Å²) in [5.74, 6) is 3.84. The molecular weight excluding hydrogens is 246 g/mol. The van der Waals surface area contributed by atoms with Crippen LogP contribution in [0, 0.1) is 17.8 Å². The minimum Gasteiger partial charge on any atom is -0.354 e. The van der Waals surface area contributed by atoms with Crippen LogP contribution in [0.25, 0.3) is 0 Å². The van der Waals surface area contributed by atoms with Gasteiger partial charge in [-0.25, -0.2) is 4.98 Å². The molecule has 0 N–H and O–H groups in total. The summed E-state index contributed by atoms with van der Waals surface area (Å²) in [5.41, 5.74) is 0. The van der Waals surface area contributed by atoms with E-state index in [1.807, 2.05) is 12.3 Å². The predicted octanol–water partition coefficient (Wildman–Crippen LogP) is 2.42. The Morgan fingerprint density at radius 2 is 1.95 bits per heavy atom. The quantitative estimate of drug-likeness (QED) is 0.786. The Hall–Kier alpha value is -1.35. The van der Waals surface area contributed by atoms with Crippen LogP contribution in [0.5, 0.6) is 0 Å². The van der Waals surface area contributed by atoms with E-state index in [9.17, 15) is 0 Å². The topological polar surface area (TPSA) is 19.4 Å². The van der Waals surface area contributed by atoms with Gasteiger partial charge in [-0.05, 0) is 42.7 Å². The normalized spacial score (nSPS) is 33.0. The van der Waals surface area contributed by atoms with Crippen LogP contribution in [0.15, 0.2) is 36.5 Å². The average Bonchev–Trinajstić information content (AvgIpc) is 3.12. The van der Waals surface area contributed by atoms with Crippen LogP contribution in [-0.4, -0.2) is 42.6 Å². The van der Waals surface area contributed by atoms with Crippen LogP contribution in [-0.2, 0) is 0 Å². The highest BCUT2D eigenvalue weighted by molar-refractivity contribution is 5.38. The van der Waals surface area contributed by atoms with Gasteiger partial charge < -0.3 is 4.90 Å². The first-order valence-corrected chi connectivity index (χ1v) is 7.95. The number of piperazine rings is 1. The molecule has 2 bridgehead atoms. The van der Waals surface area contributed by atoms with Crippen molar-refractivity contribution in [3.63, 3.8) is 0 Å². The summed E-state index contributed by atoms with van der Waals surface area (Å²) >= 11 is 0. The maximum Gasteiger partial charge on any atom is 0.128 e. The van der Waals surface area contributed by atoms with Crippen LogP contribution in [0.1, 0.15) is 12.8 Å². The molecule has 3 nitrogen and oxygen atoms in total. The van der Waals surface area contributed by atoms with E-state index in [0.29, 0.717) is 0 Å². The van der Waals surface area contributed by atoms with E-state index >= 15 is 0 Å². The fourth-order valence-corrected chi connectivity index (χ4v) is 4.14. The van der Waals surface area contributed by atoms with Gasteiger partial charge in [0, 0.05) is 38.9 Å². The van der Waals surface area contributed by atoms with E-state index < -0.39 is 0 Å². The molecule has 3 atom stereocenters. The zero-order chi connectivity index (χ0) is 13.4. The molecule has 2 aliphatic carbocycles. The molecule has 3 heteroatoms. The summed E-state index contributed by atoms with van der Waals surface area (Å²) in [4.78, 5) is 9.54. The van der Waals surface area contributed by atoms with Gasteiger partial charge in [-0.3, -0.25) is 4.90 Å². The predicted molar refractivity (Wildman–Crippen MR) is 81.7 cm³/mol. The Bertz CT molecular complexity index is 476. The summed E-state index contributed by atoms with van der Waals surface area (Å²) in [6.45, 7) is 5.92. The molecule has 106 valence electrons. The number of hydrogen-bond acceptors (Lipinski definition) is 3. The maximum atomic E-state index is 4.46. The zero-order valence-electron chi connectivity index (χ0n) is 12.0. The molecule has 0 unspecified atom stereocenters. The Morgan fingerprint density at radius 3 is 2.60 bits per heavy atom. The molecule has 4 rings (SSSR count). The second-order valence-electron chi connectivity index (χ2n) is 6.52. The van der Waals surface area contributed by atoms with Gasteiger partial charge in [-0.2, -0.15) is 0 Å². The van der Waals surface area contributed by atoms with Crippen LogP contribution in [0.4, 0.5) is 5.82 Å². The summed E-state index contributed by atoms with van der Waals surface area (Å²) in [7, 11) is 0. The van der Waals surface area contributed by atoms with Crippen LogP contribution < -0.4 is 4.90 Å². The zero-order valence-corrected chi connectivity index (χ0v) is 12.0. The van der Waals surface area contributed by atoms with E-state index in [0.717, 1.165) is 36.7 Å². The van der Waals surface area contributed by atoms with Crippen molar-refractivity contribution in [3.05, 3.63) is 36.5 Å². The largest absolute Gasteiger partial charge is 0.354 e. The van der Waals surface area contributed by atoms with Crippen molar-refractivity contribution in [1.82, 2.24) is 9.88 Å². The fourth-order valence-electron chi connectivity index (χ4n) is 4.14. The lowest BCUT2D eigenvalue weighted by atomic mass is 9.93. The van der Waals surface area contributed by atoms with Crippen LogP contribution in [0.3, 0.4) is 0 Å². The van der Waals surface area contributed by atoms with Gasteiger partial charge in [0.05, 0.1) is 0 Å². The van der Waals surface area contributed by atoms with E-state index in [4.69, 9.17) is 0 Å². The number of fused-ring (bicyclic) bond motifs is 2. The molecule has 1 aromatic heterocycles. The summed E-state index contributed by atoms with van der Waals surface area (Å²) in [5, 5.41) is 0. The van der Waals surface area contributed by atoms with Crippen molar-refractivity contribution in [3.8, 4) is 0 Å². The monoisotopic (exact) mass is 269 g/mol. The smallest absolute Gasteiger partial charge is 0.128 e. The number of anilines is 1. The SMILES string of the molecule is C1=C[C@H]2C[C@H]1C[C@H]2CN1CCN(c2ccccn2)CC1. The van der Waals surface area contributed by atoms with Crippen molar-refractivity contribution in [2.24, 2.45) is 17.8 Å². The maximum absolute atomic E-state index is 4.46. The van der Waals surface area contributed by atoms with Gasteiger partial charge in [0.1, 0.15) is 5.82 Å². The second-order valence-corrected chi connectivity index (χ2v) is 6.52. The van der Waals surface area contributed by atoms with Crippen molar-refractivity contribution < 1.29 is 0 Å². The lowest BCUT2D eigenvalue weighted by Crippen LogP contribution is -2.48. The molecule has 2 fully saturated rings. The van der Waals surface area contributed by atoms with Gasteiger partial charge in [0.2, 0.25) is 0 Å². The number of aromatic nitrogens is 1. The molecule has 0 aromatic carbocycles. The van der Waals surface area contributed by atoms with E-state index in [2.05, 4.69) is 39.1 Å². The molecule has 1 aliphatic heterocycles. The first-order valence-electron chi connectivity index (χ1n) is 7.95. The third-order valence-corrected chi connectivity index (χ3v) is 5.25. The van der Waals surface area contributed by atoms with Gasteiger partial charge >= 0.3 is 0 Å². The lowest BCUT2D eigenvalue weighted by molar-refractivity contribution is 0.204. The molecule has 2 heterocycles. The van der Waals surface area contributed by atoms with Crippen LogP contribution >= 0.6 is 0 Å². The Kier molecular flexibility index (Phi) is 3.23. The minimum absolute atomic E-state index is 0.883. The highest BCUT2D eigenvalue weighted by Crippen LogP contribution is 2.43. The Labute approximate surface area is 121 Å². The molecule has 0 radical (unpaired) electrons. The average molecular weight is 269 g/mol. The molecule has 0 spiro atoms. The van der Waals surface area contributed by atoms with Crippen molar-refractivity contribution in [2.75, 3.05) is 37.6 Å². The second kappa shape index (κ2) is 5.21. The van der Waals surface area contributed by atoms with Crippen molar-refractivity contribution in [2.45, 2.75) is 12.8 Å². The Morgan fingerprint density at radius 1 is 1.05 bits per heavy atom. The standard InChI is InChI=1S/C17H23N3/c1-2-6-18-17(3-1)20-9-7-19(8-10-20)13-16-12-14-4-5-15(16)11-14/h1-6,14-16H,7-13H2/t14-,15-,16-/m0/s1. The molecule has 20 heavy (non-hydrogen) atoms. The molecule has 1 saturated carbocycles. The van der Waals surface area contributed by atoms with Crippen molar-refractivity contribution in [1.29, 1.82) is 0 Å². The molecule has 1 aromatic rings. The number of rotatable bonds is 3. The van der Waals surface area contributed by atoms with E-state index in [-0.39, 0.29) is 0 Å². The molecule has 1 saturated heterocycles. The number of nitrogens with zero attached hydrogens (tertiary/aromatic N) is 3. The highest BCUT2D eigenvalue weighted by Gasteiger charge is 2.36. The first kappa shape index (κ1) is 12.4. The minimum atomic E-state index is 0.883. The third kappa shape index (κ3) is 2.35. The molecule has 0 amide bonds. The van der Waals surface area contributed by atoms with E-state index in [1.54, 1.807) is 0 Å². The third-order valence-electron chi connectivity index (χ3n) is 5.25. The van der Waals surface area contributed by atoms with Gasteiger partial charge in [0.25, 0.3) is 0 Å². The van der Waals surface area contributed by atoms with Crippen LogP contribution in [0.2, 0.25) is 0 Å². The number of pyridine rings is 1. The summed E-state index contributed by atoms with van der Waals surface area (Å²) in [6, 6.07) is 6.19. The van der Waals surface area contributed by atoms with Gasteiger partial charge in [-0.1, -0.05) is 18.2 Å². The van der Waals surface area contributed by atoms with Crippen molar-refractivity contribution >= 4 is 5.82 Å². The summed E-state index contributed by atoms with van der Waals surface area (Å²) < 4.78 is 0. The van der Waals surface area contributed by atoms with E-state index in [1.165, 1.54) is 32.5 Å².